The molecule has 0 saturated heterocycles. The van der Waals surface area contributed by atoms with Crippen molar-refractivity contribution in [3.63, 3.8) is 0 Å². The first kappa shape index (κ1) is 28.3. The molecule has 2 aromatic heterocycles. The third-order valence-corrected chi connectivity index (χ3v) is 9.04. The lowest BCUT2D eigenvalue weighted by Crippen LogP contribution is -2.33. The molecule has 0 unspecified atom stereocenters. The molecule has 3 heterocycles. The maximum Gasteiger partial charge on any atom is 0.277 e. The summed E-state index contributed by atoms with van der Waals surface area (Å²) in [6.07, 6.45) is 3.65. The van der Waals surface area contributed by atoms with E-state index in [-0.39, 0.29) is 11.7 Å². The van der Waals surface area contributed by atoms with E-state index in [0.717, 1.165) is 12.0 Å². The molecule has 0 aliphatic carbocycles. The lowest BCUT2D eigenvalue weighted by atomic mass is 10.0. The second kappa shape index (κ2) is 11.3. The highest BCUT2D eigenvalue weighted by atomic mass is 32.2. The zero-order chi connectivity index (χ0) is 29.3. The summed E-state index contributed by atoms with van der Waals surface area (Å²) >= 11 is 0. The van der Waals surface area contributed by atoms with Crippen LogP contribution in [0.2, 0.25) is 0 Å². The molecule has 9 nitrogen and oxygen atoms in total. The predicted octanol–water partition coefficient (Wildman–Crippen LogP) is 5.36. The van der Waals surface area contributed by atoms with Gasteiger partial charge in [-0.15, -0.1) is 0 Å². The molecule has 0 amide bonds. The summed E-state index contributed by atoms with van der Waals surface area (Å²) in [6, 6.07) is 12.1. The molecule has 11 heteroatoms. The molecule has 0 spiro atoms. The number of nitrogens with zero attached hydrogens (tertiary/aromatic N) is 3. The minimum Gasteiger partial charge on any atom is -0.492 e. The van der Waals surface area contributed by atoms with Gasteiger partial charge in [0.2, 0.25) is 28.5 Å². The van der Waals surface area contributed by atoms with Gasteiger partial charge in [0.05, 0.1) is 10.9 Å². The fourth-order valence-electron chi connectivity index (χ4n) is 5.06. The number of hydrogen-bond donors (Lipinski definition) is 1. The average Bonchev–Trinajstić information content (AvgIpc) is 3.43. The van der Waals surface area contributed by atoms with Crippen LogP contribution in [-0.4, -0.2) is 34.9 Å². The molecule has 0 saturated carbocycles. The Kier molecular flexibility index (Phi) is 7.81. The standard InChI is InChI=1S/C30H30FN3O6S/c1-4-6-7-26-33-29(35)27(30(36)34(26)23(5-2)20-10-13-24-25(16-20)40-17-39-24)41(37,38)21-11-8-19(9-12-21)22-14-15-32-28(31)18(22)3/h8-16,23,35H,4-7,17H2,1-3H3/t23-/m0/s1. The van der Waals surface area contributed by atoms with E-state index in [0.29, 0.717) is 53.3 Å². The minimum atomic E-state index is -4.49. The molecule has 214 valence electrons. The summed E-state index contributed by atoms with van der Waals surface area (Å²) in [5, 5.41) is 10.9. The summed E-state index contributed by atoms with van der Waals surface area (Å²) in [4.78, 5) is 20.9. The van der Waals surface area contributed by atoms with Crippen molar-refractivity contribution in [3.8, 4) is 28.5 Å². The summed E-state index contributed by atoms with van der Waals surface area (Å²) in [7, 11) is -4.49. The number of ether oxygens (including phenoxy) is 2. The first-order chi connectivity index (χ1) is 19.7. The number of aryl methyl sites for hydroxylation is 1. The molecule has 2 aromatic carbocycles. The number of rotatable bonds is 9. The predicted molar refractivity (Wildman–Crippen MR) is 150 cm³/mol. The highest BCUT2D eigenvalue weighted by Crippen LogP contribution is 2.37. The van der Waals surface area contributed by atoms with E-state index < -0.39 is 38.2 Å². The maximum absolute atomic E-state index is 14.1. The molecule has 1 N–H and O–H groups in total. The number of hydrogen-bond acceptors (Lipinski definition) is 8. The van der Waals surface area contributed by atoms with Crippen LogP contribution in [0.3, 0.4) is 0 Å². The number of unbranched alkanes of at least 4 members (excludes halogenated alkanes) is 1. The number of halogens is 1. The maximum atomic E-state index is 14.1. The van der Waals surface area contributed by atoms with Gasteiger partial charge in [-0.05, 0) is 66.8 Å². The van der Waals surface area contributed by atoms with E-state index in [1.165, 1.54) is 35.0 Å². The van der Waals surface area contributed by atoms with Crippen LogP contribution >= 0.6 is 0 Å². The van der Waals surface area contributed by atoms with Crippen molar-refractivity contribution >= 4 is 9.84 Å². The Morgan fingerprint density at radius 2 is 1.80 bits per heavy atom. The first-order valence-corrected chi connectivity index (χ1v) is 14.9. The normalized spacial score (nSPS) is 13.4. The van der Waals surface area contributed by atoms with E-state index in [1.54, 1.807) is 31.2 Å². The van der Waals surface area contributed by atoms with Gasteiger partial charge in [-0.1, -0.05) is 38.5 Å². The Morgan fingerprint density at radius 1 is 1.07 bits per heavy atom. The van der Waals surface area contributed by atoms with E-state index in [4.69, 9.17) is 9.47 Å². The molecule has 1 atom stereocenters. The van der Waals surface area contributed by atoms with Crippen molar-refractivity contribution in [2.45, 2.75) is 62.3 Å². The van der Waals surface area contributed by atoms with Crippen molar-refractivity contribution in [2.24, 2.45) is 0 Å². The van der Waals surface area contributed by atoms with Gasteiger partial charge in [0, 0.05) is 18.2 Å². The Labute approximate surface area is 237 Å². The van der Waals surface area contributed by atoms with Crippen molar-refractivity contribution < 1.29 is 27.4 Å². The Bertz CT molecular complexity index is 1770. The van der Waals surface area contributed by atoms with Crippen molar-refractivity contribution in [3.05, 3.63) is 88.0 Å². The highest BCUT2D eigenvalue weighted by Gasteiger charge is 2.32. The lowest BCUT2D eigenvalue weighted by Gasteiger charge is -2.23. The van der Waals surface area contributed by atoms with E-state index in [1.807, 2.05) is 13.8 Å². The largest absolute Gasteiger partial charge is 0.492 e. The number of pyridine rings is 1. The number of aromatic nitrogens is 3. The molecule has 4 aromatic rings. The Morgan fingerprint density at radius 3 is 2.51 bits per heavy atom. The minimum absolute atomic E-state index is 0.0922. The second-order valence-electron chi connectivity index (χ2n) is 9.80. The molecular formula is C30H30FN3O6S. The molecular weight excluding hydrogens is 549 g/mol. The van der Waals surface area contributed by atoms with Crippen molar-refractivity contribution in [2.75, 3.05) is 6.79 Å². The molecule has 1 aliphatic rings. The SMILES string of the molecule is CCCCc1nc(O)c(S(=O)(=O)c2ccc(-c3ccnc(F)c3C)cc2)c(=O)n1[C@@H](CC)c1ccc2c(c1)OCO2. The van der Waals surface area contributed by atoms with Crippen LogP contribution in [0, 0.1) is 12.9 Å². The zero-order valence-corrected chi connectivity index (χ0v) is 23.7. The first-order valence-electron chi connectivity index (χ1n) is 13.4. The molecule has 1 aliphatic heterocycles. The lowest BCUT2D eigenvalue weighted by molar-refractivity contribution is 0.174. The fourth-order valence-corrected chi connectivity index (χ4v) is 6.40. The second-order valence-corrected chi connectivity index (χ2v) is 11.7. The van der Waals surface area contributed by atoms with Gasteiger partial charge in [-0.2, -0.15) is 9.37 Å². The van der Waals surface area contributed by atoms with Gasteiger partial charge < -0.3 is 14.6 Å². The summed E-state index contributed by atoms with van der Waals surface area (Å²) in [5.74, 6) is -0.0419. The van der Waals surface area contributed by atoms with Gasteiger partial charge in [0.15, 0.2) is 16.4 Å². The highest BCUT2D eigenvalue weighted by molar-refractivity contribution is 7.91. The van der Waals surface area contributed by atoms with Crippen LogP contribution in [-0.2, 0) is 16.3 Å². The van der Waals surface area contributed by atoms with Crippen LogP contribution in [0.25, 0.3) is 11.1 Å². The molecule has 0 fully saturated rings. The summed E-state index contributed by atoms with van der Waals surface area (Å²) in [6.45, 7) is 5.55. The monoisotopic (exact) mass is 579 g/mol. The number of benzene rings is 2. The van der Waals surface area contributed by atoms with Crippen molar-refractivity contribution in [1.82, 2.24) is 14.5 Å². The van der Waals surface area contributed by atoms with Gasteiger partial charge in [-0.3, -0.25) is 9.36 Å². The zero-order valence-electron chi connectivity index (χ0n) is 22.9. The molecule has 0 bridgehead atoms. The van der Waals surface area contributed by atoms with Crippen molar-refractivity contribution in [1.29, 1.82) is 0 Å². The summed E-state index contributed by atoms with van der Waals surface area (Å²) < 4.78 is 53.9. The van der Waals surface area contributed by atoms with E-state index in [9.17, 15) is 22.7 Å². The molecule has 5 rings (SSSR count). The van der Waals surface area contributed by atoms with Gasteiger partial charge in [-0.25, -0.2) is 13.4 Å². The van der Waals surface area contributed by atoms with Crippen LogP contribution in [0.4, 0.5) is 4.39 Å². The van der Waals surface area contributed by atoms with Crippen LogP contribution in [0.1, 0.15) is 56.1 Å². The van der Waals surface area contributed by atoms with Crippen LogP contribution in [0.5, 0.6) is 17.4 Å². The van der Waals surface area contributed by atoms with Crippen LogP contribution in [0.15, 0.2) is 69.3 Å². The van der Waals surface area contributed by atoms with E-state index >= 15 is 0 Å². The van der Waals surface area contributed by atoms with E-state index in [2.05, 4.69) is 9.97 Å². The van der Waals surface area contributed by atoms with Gasteiger partial charge in [0.25, 0.3) is 5.56 Å². The Balaban J connectivity index is 1.63. The third kappa shape index (κ3) is 5.17. The third-order valence-electron chi connectivity index (χ3n) is 7.25. The molecule has 0 radical (unpaired) electrons. The Hall–Kier alpha value is -4.25. The smallest absolute Gasteiger partial charge is 0.277 e. The van der Waals surface area contributed by atoms with Gasteiger partial charge >= 0.3 is 0 Å². The summed E-state index contributed by atoms with van der Waals surface area (Å²) in [5.41, 5.74) is 1.32. The topological polar surface area (TPSA) is 121 Å². The fraction of sp³-hybridized carbons (Fsp3) is 0.300. The molecule has 41 heavy (non-hydrogen) atoms. The van der Waals surface area contributed by atoms with Gasteiger partial charge in [0.1, 0.15) is 5.82 Å². The van der Waals surface area contributed by atoms with Crippen LogP contribution < -0.4 is 15.0 Å². The average molecular weight is 580 g/mol. The number of fused-ring (bicyclic) bond motifs is 1. The number of aromatic hydroxyl groups is 1. The number of sulfone groups is 1. The quantitative estimate of drug-likeness (QED) is 0.263.